The van der Waals surface area contributed by atoms with Gasteiger partial charge in [-0.2, -0.15) is 5.10 Å². The van der Waals surface area contributed by atoms with Crippen LogP contribution in [-0.2, 0) is 0 Å². The lowest BCUT2D eigenvalue weighted by Crippen LogP contribution is -2.17. The lowest BCUT2D eigenvalue weighted by atomic mass is 10.1. The van der Waals surface area contributed by atoms with Crippen LogP contribution in [0.3, 0.4) is 0 Å². The molecule has 3 rings (SSSR count). The fourth-order valence-electron chi connectivity index (χ4n) is 2.43. The number of phenols is 1. The Labute approximate surface area is 169 Å². The molecule has 0 atom stereocenters. The predicted octanol–water partition coefficient (Wildman–Crippen LogP) is 3.99. The summed E-state index contributed by atoms with van der Waals surface area (Å²) in [7, 11) is 1.44. The average Bonchev–Trinajstić information content (AvgIpc) is 3.16. The molecule has 0 bridgehead atoms. The average molecular weight is 416 g/mol. The number of carbonyl (C=O) groups excluding carboxylic acids is 1. The lowest BCUT2D eigenvalue weighted by Gasteiger charge is -2.05. The molecule has 29 heavy (non-hydrogen) atoms. The number of rotatable bonds is 6. The number of nitrogens with zero attached hydrogens (tertiary/aromatic N) is 2. The number of phenolic OH excluding ortho intramolecular Hbond substituents is 1. The minimum atomic E-state index is -0.624. The Morgan fingerprint density at radius 3 is 2.76 bits per heavy atom. The molecule has 3 aromatic rings. The third-order valence-corrected chi connectivity index (χ3v) is 4.18. The Kier molecular flexibility index (Phi) is 5.79. The van der Waals surface area contributed by atoms with Gasteiger partial charge < -0.3 is 14.3 Å². The van der Waals surface area contributed by atoms with E-state index in [-0.39, 0.29) is 22.0 Å². The summed E-state index contributed by atoms with van der Waals surface area (Å²) in [6.45, 7) is 0. The third-order valence-electron chi connectivity index (χ3n) is 3.86. The van der Waals surface area contributed by atoms with Gasteiger partial charge in [-0.1, -0.05) is 11.6 Å². The predicted molar refractivity (Wildman–Crippen MR) is 106 cm³/mol. The van der Waals surface area contributed by atoms with E-state index in [1.807, 2.05) is 0 Å². The van der Waals surface area contributed by atoms with Crippen LogP contribution in [0, 0.1) is 10.1 Å². The largest absolute Gasteiger partial charge is 0.507 e. The molecule has 0 radical (unpaired) electrons. The SMILES string of the molecule is COc1ccc(C(=O)N/N=C\c2ccc(-c3ccc(Cl)c([N+](=O)[O-])c3)o2)c(O)c1. The smallest absolute Gasteiger partial charge is 0.288 e. The number of halogens is 1. The Morgan fingerprint density at radius 1 is 1.28 bits per heavy atom. The molecule has 1 heterocycles. The number of hydrogen-bond donors (Lipinski definition) is 2. The van der Waals surface area contributed by atoms with Gasteiger partial charge in [-0.15, -0.1) is 0 Å². The summed E-state index contributed by atoms with van der Waals surface area (Å²) >= 11 is 5.80. The van der Waals surface area contributed by atoms with Crippen molar-refractivity contribution < 1.29 is 24.0 Å². The van der Waals surface area contributed by atoms with Crippen LogP contribution in [0.2, 0.25) is 5.02 Å². The van der Waals surface area contributed by atoms with E-state index >= 15 is 0 Å². The van der Waals surface area contributed by atoms with Crippen molar-refractivity contribution >= 4 is 29.4 Å². The van der Waals surface area contributed by atoms with Crippen LogP contribution in [-0.4, -0.2) is 29.3 Å². The van der Waals surface area contributed by atoms with Crippen molar-refractivity contribution in [3.63, 3.8) is 0 Å². The highest BCUT2D eigenvalue weighted by Crippen LogP contribution is 2.31. The second kappa shape index (κ2) is 8.44. The first-order valence-corrected chi connectivity index (χ1v) is 8.51. The molecule has 9 nitrogen and oxygen atoms in total. The molecule has 0 saturated heterocycles. The molecule has 0 unspecified atom stereocenters. The number of benzene rings is 2. The number of hydrogen-bond acceptors (Lipinski definition) is 7. The Morgan fingerprint density at radius 2 is 2.07 bits per heavy atom. The first kappa shape index (κ1) is 19.9. The van der Waals surface area contributed by atoms with Crippen LogP contribution in [0.4, 0.5) is 5.69 Å². The monoisotopic (exact) mass is 415 g/mol. The zero-order chi connectivity index (χ0) is 21.0. The maximum atomic E-state index is 12.1. The molecular weight excluding hydrogens is 402 g/mol. The van der Waals surface area contributed by atoms with Gasteiger partial charge in [-0.05, 0) is 36.4 Å². The maximum Gasteiger partial charge on any atom is 0.288 e. The van der Waals surface area contributed by atoms with Crippen molar-refractivity contribution in [1.82, 2.24) is 5.43 Å². The number of nitrogens with one attached hydrogen (secondary N) is 1. The number of methoxy groups -OCH3 is 1. The molecule has 148 valence electrons. The molecule has 10 heteroatoms. The summed E-state index contributed by atoms with van der Waals surface area (Å²) in [5.41, 5.74) is 2.53. The number of aromatic hydroxyl groups is 1. The summed E-state index contributed by atoms with van der Waals surface area (Å²) in [6.07, 6.45) is 1.26. The van der Waals surface area contributed by atoms with Gasteiger partial charge >= 0.3 is 0 Å². The van der Waals surface area contributed by atoms with Gasteiger partial charge in [0.15, 0.2) is 0 Å². The Hall–Kier alpha value is -3.85. The van der Waals surface area contributed by atoms with Gasteiger partial charge in [0, 0.05) is 17.7 Å². The minimum absolute atomic E-state index is 0.0246. The summed E-state index contributed by atoms with van der Waals surface area (Å²) in [6, 6.07) is 11.7. The van der Waals surface area contributed by atoms with Crippen molar-refractivity contribution in [3.8, 4) is 22.8 Å². The molecule has 1 amide bonds. The molecule has 2 aromatic carbocycles. The number of nitro groups is 1. The molecule has 0 spiro atoms. The van der Waals surface area contributed by atoms with Crippen LogP contribution in [0.5, 0.6) is 11.5 Å². The maximum absolute atomic E-state index is 12.1. The third kappa shape index (κ3) is 4.53. The van der Waals surface area contributed by atoms with Crippen molar-refractivity contribution in [2.45, 2.75) is 0 Å². The highest BCUT2D eigenvalue weighted by Gasteiger charge is 2.15. The zero-order valence-corrected chi connectivity index (χ0v) is 15.7. The van der Waals surface area contributed by atoms with Crippen LogP contribution in [0.1, 0.15) is 16.1 Å². The van der Waals surface area contributed by atoms with E-state index in [9.17, 15) is 20.0 Å². The van der Waals surface area contributed by atoms with Crippen LogP contribution in [0.25, 0.3) is 11.3 Å². The summed E-state index contributed by atoms with van der Waals surface area (Å²) in [5.74, 6) is 0.207. The topological polar surface area (TPSA) is 127 Å². The van der Waals surface area contributed by atoms with E-state index in [4.69, 9.17) is 20.8 Å². The van der Waals surface area contributed by atoms with Crippen LogP contribution >= 0.6 is 11.6 Å². The van der Waals surface area contributed by atoms with Gasteiger partial charge in [0.1, 0.15) is 28.0 Å². The lowest BCUT2D eigenvalue weighted by molar-refractivity contribution is -0.384. The number of furan rings is 1. The molecule has 0 fully saturated rings. The standard InChI is InChI=1S/C19H14ClN3O6/c1-28-12-3-5-14(17(24)9-12)19(25)22-21-10-13-4-7-18(29-13)11-2-6-15(20)16(8-11)23(26)27/h2-10,24H,1H3,(H,22,25)/b21-10-. The number of carbonyl (C=O) groups is 1. The van der Waals surface area contributed by atoms with Gasteiger partial charge in [0.2, 0.25) is 0 Å². The molecule has 2 N–H and O–H groups in total. The normalized spacial score (nSPS) is 10.8. The summed E-state index contributed by atoms with van der Waals surface area (Å²) in [4.78, 5) is 22.5. The van der Waals surface area contributed by atoms with E-state index in [1.165, 1.54) is 43.7 Å². The van der Waals surface area contributed by atoms with E-state index in [0.717, 1.165) is 0 Å². The van der Waals surface area contributed by atoms with Crippen molar-refractivity contribution in [2.75, 3.05) is 7.11 Å². The van der Waals surface area contributed by atoms with Gasteiger partial charge in [-0.3, -0.25) is 14.9 Å². The molecule has 0 aliphatic heterocycles. The summed E-state index contributed by atoms with van der Waals surface area (Å²) < 4.78 is 10.5. The molecule has 0 aliphatic carbocycles. The molecule has 0 saturated carbocycles. The minimum Gasteiger partial charge on any atom is -0.507 e. The van der Waals surface area contributed by atoms with Crippen LogP contribution in [0.15, 0.2) is 58.0 Å². The number of hydrazone groups is 1. The quantitative estimate of drug-likeness (QED) is 0.356. The van der Waals surface area contributed by atoms with Gasteiger partial charge in [0.05, 0.1) is 23.8 Å². The van der Waals surface area contributed by atoms with Gasteiger partial charge in [-0.25, -0.2) is 5.43 Å². The van der Waals surface area contributed by atoms with E-state index in [0.29, 0.717) is 22.8 Å². The van der Waals surface area contributed by atoms with Crippen molar-refractivity contribution in [2.24, 2.45) is 5.10 Å². The van der Waals surface area contributed by atoms with Crippen molar-refractivity contribution in [3.05, 3.63) is 75.0 Å². The van der Waals surface area contributed by atoms with E-state index in [1.54, 1.807) is 18.2 Å². The summed E-state index contributed by atoms with van der Waals surface area (Å²) in [5, 5.41) is 24.7. The van der Waals surface area contributed by atoms with E-state index < -0.39 is 10.8 Å². The highest BCUT2D eigenvalue weighted by molar-refractivity contribution is 6.32. The fraction of sp³-hybridized carbons (Fsp3) is 0.0526. The van der Waals surface area contributed by atoms with Gasteiger partial charge in [0.25, 0.3) is 11.6 Å². The molecule has 0 aliphatic rings. The number of amides is 1. The second-order valence-electron chi connectivity index (χ2n) is 5.71. The number of nitro benzene ring substituents is 1. The number of ether oxygens (including phenoxy) is 1. The zero-order valence-electron chi connectivity index (χ0n) is 15.0. The first-order valence-electron chi connectivity index (χ1n) is 8.13. The van der Waals surface area contributed by atoms with Crippen LogP contribution < -0.4 is 10.2 Å². The Balaban J connectivity index is 1.70. The first-order chi connectivity index (χ1) is 13.9. The molecule has 1 aromatic heterocycles. The Bertz CT molecular complexity index is 1110. The van der Waals surface area contributed by atoms with Crippen molar-refractivity contribution in [1.29, 1.82) is 0 Å². The highest BCUT2D eigenvalue weighted by atomic mass is 35.5. The van der Waals surface area contributed by atoms with E-state index in [2.05, 4.69) is 10.5 Å². The molecular formula is C19H14ClN3O6. The fourth-order valence-corrected chi connectivity index (χ4v) is 2.61. The second-order valence-corrected chi connectivity index (χ2v) is 6.11.